The maximum absolute atomic E-state index is 4.56. The van der Waals surface area contributed by atoms with Gasteiger partial charge in [-0.1, -0.05) is 18.9 Å². The van der Waals surface area contributed by atoms with Crippen molar-refractivity contribution < 1.29 is 0 Å². The van der Waals surface area contributed by atoms with Gasteiger partial charge in [0.2, 0.25) is 0 Å². The van der Waals surface area contributed by atoms with Crippen molar-refractivity contribution in [2.45, 2.75) is 45.2 Å². The van der Waals surface area contributed by atoms with E-state index in [1.54, 1.807) is 0 Å². The number of rotatable bonds is 4. The highest BCUT2D eigenvalue weighted by Crippen LogP contribution is 2.10. The lowest BCUT2D eigenvalue weighted by Crippen LogP contribution is -2.38. The van der Waals surface area contributed by atoms with Crippen molar-refractivity contribution >= 4 is 0 Å². The Kier molecular flexibility index (Phi) is 5.14. The van der Waals surface area contributed by atoms with Crippen LogP contribution in [0.4, 0.5) is 0 Å². The van der Waals surface area contributed by atoms with Crippen LogP contribution in [0.1, 0.15) is 37.1 Å². The number of aromatic nitrogens is 1. The first-order chi connectivity index (χ1) is 8.74. The van der Waals surface area contributed by atoms with E-state index in [4.69, 9.17) is 0 Å². The minimum atomic E-state index is 0.655. The second-order valence-corrected chi connectivity index (χ2v) is 5.47. The van der Waals surface area contributed by atoms with E-state index in [2.05, 4.69) is 47.4 Å². The van der Waals surface area contributed by atoms with Gasteiger partial charge in [0.25, 0.3) is 0 Å². The molecule has 3 heteroatoms. The number of nitrogens with zero attached hydrogens (tertiary/aromatic N) is 2. The third-order valence-electron chi connectivity index (χ3n) is 3.57. The van der Waals surface area contributed by atoms with Crippen LogP contribution in [0.3, 0.4) is 0 Å². The molecule has 0 aromatic carbocycles. The van der Waals surface area contributed by atoms with E-state index in [1.165, 1.54) is 37.9 Å². The van der Waals surface area contributed by atoms with Gasteiger partial charge < -0.3 is 5.32 Å². The number of pyridine rings is 1. The summed E-state index contributed by atoms with van der Waals surface area (Å²) in [6.45, 7) is 5.30. The molecule has 2 rings (SSSR count). The zero-order valence-electron chi connectivity index (χ0n) is 11.7. The van der Waals surface area contributed by atoms with Crippen LogP contribution < -0.4 is 5.32 Å². The summed E-state index contributed by atoms with van der Waals surface area (Å²) in [6.07, 6.45) is 5.39. The van der Waals surface area contributed by atoms with E-state index >= 15 is 0 Å². The topological polar surface area (TPSA) is 28.2 Å². The Hall–Kier alpha value is -0.930. The predicted molar refractivity (Wildman–Crippen MR) is 75.6 cm³/mol. The van der Waals surface area contributed by atoms with Gasteiger partial charge in [0, 0.05) is 24.8 Å². The van der Waals surface area contributed by atoms with Gasteiger partial charge in [-0.25, -0.2) is 0 Å². The van der Waals surface area contributed by atoms with E-state index in [1.807, 2.05) is 0 Å². The van der Waals surface area contributed by atoms with Crippen molar-refractivity contribution in [1.82, 2.24) is 15.2 Å². The molecule has 100 valence electrons. The highest BCUT2D eigenvalue weighted by Gasteiger charge is 2.13. The Morgan fingerprint density at radius 2 is 2.22 bits per heavy atom. The largest absolute Gasteiger partial charge is 0.313 e. The maximum Gasteiger partial charge on any atom is 0.0547 e. The fraction of sp³-hybridized carbons (Fsp3) is 0.667. The first-order valence-corrected chi connectivity index (χ1v) is 7.08. The average Bonchev–Trinajstić information content (AvgIpc) is 2.57. The highest BCUT2D eigenvalue weighted by atomic mass is 15.1. The van der Waals surface area contributed by atoms with E-state index in [-0.39, 0.29) is 0 Å². The summed E-state index contributed by atoms with van der Waals surface area (Å²) >= 11 is 0. The van der Waals surface area contributed by atoms with Crippen molar-refractivity contribution in [1.29, 1.82) is 0 Å². The predicted octanol–water partition coefficient (Wildman–Crippen LogP) is 2.35. The summed E-state index contributed by atoms with van der Waals surface area (Å²) in [5.41, 5.74) is 2.28. The zero-order valence-corrected chi connectivity index (χ0v) is 11.7. The summed E-state index contributed by atoms with van der Waals surface area (Å²) < 4.78 is 0. The molecular weight excluding hydrogens is 222 g/mol. The van der Waals surface area contributed by atoms with Gasteiger partial charge in [0.15, 0.2) is 0 Å². The summed E-state index contributed by atoms with van der Waals surface area (Å²) in [5, 5.41) is 3.65. The van der Waals surface area contributed by atoms with Gasteiger partial charge in [0.1, 0.15) is 0 Å². The third kappa shape index (κ3) is 4.39. The van der Waals surface area contributed by atoms with Crippen molar-refractivity contribution in [2.24, 2.45) is 0 Å². The zero-order chi connectivity index (χ0) is 12.8. The lowest BCUT2D eigenvalue weighted by molar-refractivity contribution is 0.275. The van der Waals surface area contributed by atoms with Crippen LogP contribution in [-0.2, 0) is 6.54 Å². The molecule has 0 amide bonds. The maximum atomic E-state index is 4.56. The van der Waals surface area contributed by atoms with E-state index in [0.717, 1.165) is 18.8 Å². The van der Waals surface area contributed by atoms with Crippen LogP contribution in [-0.4, -0.2) is 36.1 Å². The monoisotopic (exact) mass is 247 g/mol. The van der Waals surface area contributed by atoms with Crippen LogP contribution in [0.25, 0.3) is 0 Å². The standard InChI is InChI=1S/C15H25N3/c1-13-7-6-9-15(17-13)12-18(2)11-14-8-4-3-5-10-16-14/h6-7,9,14,16H,3-5,8,10-12H2,1-2H3. The van der Waals surface area contributed by atoms with Crippen molar-refractivity contribution in [2.75, 3.05) is 20.1 Å². The van der Waals surface area contributed by atoms with Gasteiger partial charge in [-0.05, 0) is 45.5 Å². The van der Waals surface area contributed by atoms with Crippen LogP contribution in [0, 0.1) is 6.92 Å². The average molecular weight is 247 g/mol. The quantitative estimate of drug-likeness (QED) is 0.885. The minimum absolute atomic E-state index is 0.655. The third-order valence-corrected chi connectivity index (χ3v) is 3.57. The summed E-state index contributed by atoms with van der Waals surface area (Å²) in [7, 11) is 2.19. The molecule has 18 heavy (non-hydrogen) atoms. The van der Waals surface area contributed by atoms with Crippen molar-refractivity contribution in [3.05, 3.63) is 29.6 Å². The van der Waals surface area contributed by atoms with Gasteiger partial charge in [-0.3, -0.25) is 9.88 Å². The minimum Gasteiger partial charge on any atom is -0.313 e. The van der Waals surface area contributed by atoms with E-state index in [0.29, 0.717) is 6.04 Å². The molecule has 1 N–H and O–H groups in total. The highest BCUT2D eigenvalue weighted by molar-refractivity contribution is 5.09. The molecule has 1 aliphatic heterocycles. The lowest BCUT2D eigenvalue weighted by atomic mass is 10.1. The van der Waals surface area contributed by atoms with E-state index in [9.17, 15) is 0 Å². The molecule has 0 aliphatic carbocycles. The van der Waals surface area contributed by atoms with Crippen molar-refractivity contribution in [3.63, 3.8) is 0 Å². The second-order valence-electron chi connectivity index (χ2n) is 5.47. The molecule has 0 spiro atoms. The Bertz CT molecular complexity index is 357. The Morgan fingerprint density at radius 1 is 1.33 bits per heavy atom. The lowest BCUT2D eigenvalue weighted by Gasteiger charge is -2.23. The number of hydrogen-bond donors (Lipinski definition) is 1. The van der Waals surface area contributed by atoms with Gasteiger partial charge >= 0.3 is 0 Å². The molecule has 1 aromatic heterocycles. The fourth-order valence-corrected chi connectivity index (χ4v) is 2.66. The fourth-order valence-electron chi connectivity index (χ4n) is 2.66. The summed E-state index contributed by atoms with van der Waals surface area (Å²) in [4.78, 5) is 6.94. The summed E-state index contributed by atoms with van der Waals surface area (Å²) in [6, 6.07) is 6.91. The molecule has 0 bridgehead atoms. The molecule has 0 radical (unpaired) electrons. The number of likely N-dealkylation sites (N-methyl/N-ethyl adjacent to an activating group) is 1. The number of aryl methyl sites for hydroxylation is 1. The van der Waals surface area contributed by atoms with Crippen LogP contribution in [0.5, 0.6) is 0 Å². The van der Waals surface area contributed by atoms with Crippen molar-refractivity contribution in [3.8, 4) is 0 Å². The van der Waals surface area contributed by atoms with E-state index < -0.39 is 0 Å². The summed E-state index contributed by atoms with van der Waals surface area (Å²) in [5.74, 6) is 0. The molecule has 1 aliphatic rings. The number of hydrogen-bond acceptors (Lipinski definition) is 3. The molecule has 1 fully saturated rings. The second kappa shape index (κ2) is 6.86. The van der Waals surface area contributed by atoms with Crippen LogP contribution >= 0.6 is 0 Å². The first-order valence-electron chi connectivity index (χ1n) is 7.08. The first kappa shape index (κ1) is 13.5. The Labute approximate surface area is 111 Å². The molecule has 2 heterocycles. The van der Waals surface area contributed by atoms with Crippen LogP contribution in [0.2, 0.25) is 0 Å². The Morgan fingerprint density at radius 3 is 3.06 bits per heavy atom. The van der Waals surface area contributed by atoms with Crippen LogP contribution in [0.15, 0.2) is 18.2 Å². The molecule has 1 aromatic rings. The smallest absolute Gasteiger partial charge is 0.0547 e. The molecular formula is C15H25N3. The number of nitrogens with one attached hydrogen (secondary N) is 1. The molecule has 3 nitrogen and oxygen atoms in total. The SMILES string of the molecule is Cc1cccc(CN(C)CC2CCCCCN2)n1. The van der Waals surface area contributed by atoms with Gasteiger partial charge in [-0.2, -0.15) is 0 Å². The normalized spacial score (nSPS) is 20.9. The van der Waals surface area contributed by atoms with Gasteiger partial charge in [-0.15, -0.1) is 0 Å². The van der Waals surface area contributed by atoms with Gasteiger partial charge in [0.05, 0.1) is 5.69 Å². The molecule has 1 saturated heterocycles. The molecule has 1 atom stereocenters. The molecule has 0 saturated carbocycles. The Balaban J connectivity index is 1.82. The molecule has 1 unspecified atom stereocenters.